The van der Waals surface area contributed by atoms with Gasteiger partial charge in [-0.15, -0.1) is 0 Å². The summed E-state index contributed by atoms with van der Waals surface area (Å²) in [5, 5.41) is 16.3. The zero-order chi connectivity index (χ0) is 27.7. The molecule has 2 aromatic heterocycles. The Morgan fingerprint density at radius 1 is 0.974 bits per heavy atom. The molecule has 0 atom stereocenters. The summed E-state index contributed by atoms with van der Waals surface area (Å²) >= 11 is 0. The number of aliphatic hydroxyl groups excluding tert-OH is 1. The summed E-state index contributed by atoms with van der Waals surface area (Å²) < 4.78 is 30.9. The topological polar surface area (TPSA) is 66.5 Å². The average molecular weight is 528 g/mol. The maximum Gasteiger partial charge on any atom is 0.216 e. The lowest BCUT2D eigenvalue weighted by Crippen LogP contribution is -2.37. The molecule has 3 heterocycles. The molecule has 4 aromatic rings. The smallest absolute Gasteiger partial charge is 0.216 e. The standard InChI is InChI=1S/C31H31F2N5O/c1-5-21-8-7-9-22(6-2)28(21)38-30(27-13-15-37(4)36-27)35-18-23(31(38)39)16-20-10-11-25(26(32)17-20)24-12-14-34-29(33)19(24)3/h7-15,17,39H,5-6,16,18H2,1-4H3. The lowest BCUT2D eigenvalue weighted by Gasteiger charge is -2.32. The van der Waals surface area contributed by atoms with Crippen molar-refractivity contribution < 1.29 is 13.9 Å². The molecule has 0 bridgehead atoms. The van der Waals surface area contributed by atoms with E-state index in [1.165, 1.54) is 12.3 Å². The molecule has 200 valence electrons. The van der Waals surface area contributed by atoms with Gasteiger partial charge in [0.05, 0.1) is 12.2 Å². The minimum atomic E-state index is -0.617. The van der Waals surface area contributed by atoms with Crippen LogP contribution in [0.25, 0.3) is 11.1 Å². The molecular formula is C31H31F2N5O. The van der Waals surface area contributed by atoms with Gasteiger partial charge >= 0.3 is 0 Å². The fourth-order valence-corrected chi connectivity index (χ4v) is 5.08. The highest BCUT2D eigenvalue weighted by Crippen LogP contribution is 2.35. The Morgan fingerprint density at radius 2 is 1.72 bits per heavy atom. The molecule has 1 aliphatic heterocycles. The first-order valence-corrected chi connectivity index (χ1v) is 13.1. The Hall–Kier alpha value is -4.33. The number of anilines is 1. The number of hydrogen-bond donors (Lipinski definition) is 1. The van der Waals surface area contributed by atoms with Crippen molar-refractivity contribution in [1.29, 1.82) is 0 Å². The maximum absolute atomic E-state index is 15.3. The second-order valence-corrected chi connectivity index (χ2v) is 9.67. The van der Waals surface area contributed by atoms with Gasteiger partial charge in [0.1, 0.15) is 11.5 Å². The summed E-state index contributed by atoms with van der Waals surface area (Å²) in [6.07, 6.45) is 5.04. The molecule has 0 saturated heterocycles. The minimum Gasteiger partial charge on any atom is -0.494 e. The van der Waals surface area contributed by atoms with Crippen molar-refractivity contribution in [2.24, 2.45) is 12.0 Å². The highest BCUT2D eigenvalue weighted by atomic mass is 19.1. The SMILES string of the molecule is CCc1cccc(CC)c1N1C(c2ccn(C)n2)=NCC(Cc2ccc(-c3ccnc(F)c3C)c(F)c2)=C1O. The van der Waals surface area contributed by atoms with Crippen molar-refractivity contribution in [3.05, 3.63) is 112 Å². The summed E-state index contributed by atoms with van der Waals surface area (Å²) in [4.78, 5) is 10.3. The first kappa shape index (κ1) is 26.3. The average Bonchev–Trinajstić information content (AvgIpc) is 3.37. The van der Waals surface area contributed by atoms with Gasteiger partial charge in [-0.05, 0) is 60.2 Å². The van der Waals surface area contributed by atoms with Gasteiger partial charge in [-0.2, -0.15) is 9.49 Å². The van der Waals surface area contributed by atoms with Crippen molar-refractivity contribution >= 4 is 11.5 Å². The fraction of sp³-hybridized carbons (Fsp3) is 0.258. The normalized spacial score (nSPS) is 13.7. The van der Waals surface area contributed by atoms with Crippen molar-refractivity contribution in [3.63, 3.8) is 0 Å². The lowest BCUT2D eigenvalue weighted by atomic mass is 9.97. The van der Waals surface area contributed by atoms with E-state index in [4.69, 9.17) is 4.99 Å². The number of nitrogens with zero attached hydrogens (tertiary/aromatic N) is 5. The van der Waals surface area contributed by atoms with Gasteiger partial charge in [0.25, 0.3) is 0 Å². The Balaban J connectivity index is 1.56. The third kappa shape index (κ3) is 4.94. The van der Waals surface area contributed by atoms with E-state index in [1.807, 2.05) is 25.4 Å². The molecule has 0 radical (unpaired) electrons. The second kappa shape index (κ2) is 10.8. The van der Waals surface area contributed by atoms with Crippen LogP contribution in [0.15, 0.2) is 77.4 Å². The first-order valence-electron chi connectivity index (χ1n) is 13.1. The lowest BCUT2D eigenvalue weighted by molar-refractivity contribution is 0.391. The maximum atomic E-state index is 15.3. The molecule has 0 aliphatic carbocycles. The summed E-state index contributed by atoms with van der Waals surface area (Å²) in [7, 11) is 1.84. The van der Waals surface area contributed by atoms with Crippen LogP contribution in [0.4, 0.5) is 14.5 Å². The molecule has 0 fully saturated rings. The van der Waals surface area contributed by atoms with Gasteiger partial charge in [-0.3, -0.25) is 14.6 Å². The summed E-state index contributed by atoms with van der Waals surface area (Å²) in [5.41, 5.74) is 6.14. The van der Waals surface area contributed by atoms with E-state index in [1.54, 1.807) is 34.7 Å². The number of aliphatic imine (C=N–C) groups is 1. The highest BCUT2D eigenvalue weighted by Gasteiger charge is 2.30. The number of para-hydroxylation sites is 1. The number of amidine groups is 1. The predicted octanol–water partition coefficient (Wildman–Crippen LogP) is 6.47. The first-order chi connectivity index (χ1) is 18.8. The molecule has 5 rings (SSSR count). The molecule has 0 spiro atoms. The number of aliphatic hydroxyl groups is 1. The van der Waals surface area contributed by atoms with Crippen LogP contribution in [0.2, 0.25) is 0 Å². The third-order valence-electron chi connectivity index (χ3n) is 7.17. The van der Waals surface area contributed by atoms with Crippen LogP contribution < -0.4 is 4.90 Å². The number of rotatable bonds is 7. The Kier molecular flexibility index (Phi) is 7.28. The van der Waals surface area contributed by atoms with E-state index >= 15 is 4.39 Å². The van der Waals surface area contributed by atoms with Gasteiger partial charge in [0, 0.05) is 42.6 Å². The zero-order valence-corrected chi connectivity index (χ0v) is 22.5. The third-order valence-corrected chi connectivity index (χ3v) is 7.17. The largest absolute Gasteiger partial charge is 0.494 e. The molecule has 8 heteroatoms. The summed E-state index contributed by atoms with van der Waals surface area (Å²) in [6.45, 7) is 6.01. The van der Waals surface area contributed by atoms with Crippen LogP contribution >= 0.6 is 0 Å². The van der Waals surface area contributed by atoms with Crippen molar-refractivity contribution in [3.8, 4) is 11.1 Å². The Labute approximate surface area is 227 Å². The molecule has 6 nitrogen and oxygen atoms in total. The van der Waals surface area contributed by atoms with Crippen molar-refractivity contribution in [2.75, 3.05) is 11.4 Å². The summed E-state index contributed by atoms with van der Waals surface area (Å²) in [6, 6.07) is 14.5. The van der Waals surface area contributed by atoms with Crippen LogP contribution in [0.5, 0.6) is 0 Å². The zero-order valence-electron chi connectivity index (χ0n) is 22.5. The van der Waals surface area contributed by atoms with Crippen LogP contribution in [0, 0.1) is 18.7 Å². The van der Waals surface area contributed by atoms with Crippen LogP contribution in [-0.2, 0) is 26.3 Å². The van der Waals surface area contributed by atoms with Gasteiger partial charge in [0.15, 0.2) is 11.7 Å². The molecule has 0 amide bonds. The summed E-state index contributed by atoms with van der Waals surface area (Å²) in [5.74, 6) is -0.424. The number of benzene rings is 2. The van der Waals surface area contributed by atoms with Crippen molar-refractivity contribution in [2.45, 2.75) is 40.0 Å². The molecule has 1 N–H and O–H groups in total. The van der Waals surface area contributed by atoms with Crippen LogP contribution in [0.3, 0.4) is 0 Å². The molecule has 0 unspecified atom stereocenters. The molecule has 2 aromatic carbocycles. The van der Waals surface area contributed by atoms with E-state index < -0.39 is 11.8 Å². The molecular weight excluding hydrogens is 496 g/mol. The van der Waals surface area contributed by atoms with Crippen LogP contribution in [0.1, 0.15) is 41.8 Å². The number of pyridine rings is 1. The van der Waals surface area contributed by atoms with Crippen LogP contribution in [-0.4, -0.2) is 32.3 Å². The van der Waals surface area contributed by atoms with E-state index in [9.17, 15) is 9.50 Å². The second-order valence-electron chi connectivity index (χ2n) is 9.67. The fourth-order valence-electron chi connectivity index (χ4n) is 5.08. The van der Waals surface area contributed by atoms with E-state index in [0.29, 0.717) is 45.8 Å². The van der Waals surface area contributed by atoms with E-state index in [2.05, 4.69) is 36.1 Å². The molecule has 39 heavy (non-hydrogen) atoms. The van der Waals surface area contributed by atoms with Gasteiger partial charge in [0.2, 0.25) is 5.95 Å². The van der Waals surface area contributed by atoms with Gasteiger partial charge in [-0.25, -0.2) is 9.37 Å². The molecule has 1 aliphatic rings. The van der Waals surface area contributed by atoms with Gasteiger partial charge in [-0.1, -0.05) is 44.2 Å². The minimum absolute atomic E-state index is 0.0813. The quantitative estimate of drug-likeness (QED) is 0.280. The van der Waals surface area contributed by atoms with Crippen molar-refractivity contribution in [1.82, 2.24) is 14.8 Å². The Bertz CT molecular complexity index is 1580. The number of aromatic nitrogens is 3. The molecule has 0 saturated carbocycles. The number of aryl methyl sites for hydroxylation is 3. The van der Waals surface area contributed by atoms with E-state index in [-0.39, 0.29) is 12.4 Å². The number of halogens is 2. The highest BCUT2D eigenvalue weighted by molar-refractivity contribution is 6.12. The monoisotopic (exact) mass is 527 g/mol. The van der Waals surface area contributed by atoms with E-state index in [0.717, 1.165) is 29.7 Å². The number of hydrogen-bond acceptors (Lipinski definition) is 5. The van der Waals surface area contributed by atoms with Gasteiger partial charge < -0.3 is 5.11 Å². The predicted molar refractivity (Wildman–Crippen MR) is 150 cm³/mol. The Morgan fingerprint density at radius 3 is 2.36 bits per heavy atom.